The average Bonchev–Trinajstić information content (AvgIpc) is 2.53. The summed E-state index contributed by atoms with van der Waals surface area (Å²) < 4.78 is 33.6. The van der Waals surface area contributed by atoms with Gasteiger partial charge in [0.2, 0.25) is 0 Å². The van der Waals surface area contributed by atoms with E-state index in [4.69, 9.17) is 4.74 Å². The van der Waals surface area contributed by atoms with Crippen LogP contribution in [0.3, 0.4) is 0 Å². The zero-order chi connectivity index (χ0) is 17.7. The Morgan fingerprint density at radius 3 is 2.46 bits per heavy atom. The molecule has 0 unspecified atom stereocenters. The van der Waals surface area contributed by atoms with Crippen LogP contribution in [0.1, 0.15) is 6.92 Å². The van der Waals surface area contributed by atoms with Gasteiger partial charge in [0.25, 0.3) is 10.0 Å². The van der Waals surface area contributed by atoms with Gasteiger partial charge in [0.1, 0.15) is 6.54 Å². The minimum absolute atomic E-state index is 0.105. The third-order valence-corrected chi connectivity index (χ3v) is 6.06. The monoisotopic (exact) mass is 523 g/mol. The van der Waals surface area contributed by atoms with Gasteiger partial charge in [-0.1, -0.05) is 22.0 Å². The molecular formula is C16H15BrINO4S. The first-order chi connectivity index (χ1) is 11.3. The Morgan fingerprint density at radius 1 is 1.21 bits per heavy atom. The molecule has 0 amide bonds. The lowest BCUT2D eigenvalue weighted by molar-refractivity contribution is -0.141. The van der Waals surface area contributed by atoms with E-state index in [1.165, 1.54) is 12.1 Å². The van der Waals surface area contributed by atoms with Gasteiger partial charge in [-0.15, -0.1) is 0 Å². The highest BCUT2D eigenvalue weighted by atomic mass is 127. The highest BCUT2D eigenvalue weighted by Gasteiger charge is 2.27. The summed E-state index contributed by atoms with van der Waals surface area (Å²) in [6, 6.07) is 13.2. The number of anilines is 1. The summed E-state index contributed by atoms with van der Waals surface area (Å²) in [7, 11) is -3.89. The third kappa shape index (κ3) is 4.70. The first-order valence-corrected chi connectivity index (χ1v) is 10.3. The Balaban J connectivity index is 2.48. The topological polar surface area (TPSA) is 63.7 Å². The van der Waals surface area contributed by atoms with E-state index in [1.807, 2.05) is 6.07 Å². The first kappa shape index (κ1) is 19.2. The molecule has 0 bridgehead atoms. The van der Waals surface area contributed by atoms with Crippen molar-refractivity contribution < 1.29 is 17.9 Å². The lowest BCUT2D eigenvalue weighted by Crippen LogP contribution is -2.36. The van der Waals surface area contributed by atoms with Crippen LogP contribution in [0.2, 0.25) is 0 Å². The van der Waals surface area contributed by atoms with Crippen molar-refractivity contribution in [3.8, 4) is 0 Å². The molecule has 24 heavy (non-hydrogen) atoms. The molecule has 0 aliphatic carbocycles. The van der Waals surface area contributed by atoms with Crippen LogP contribution in [-0.2, 0) is 19.6 Å². The van der Waals surface area contributed by atoms with Crippen molar-refractivity contribution in [3.63, 3.8) is 0 Å². The van der Waals surface area contributed by atoms with E-state index in [9.17, 15) is 13.2 Å². The zero-order valence-electron chi connectivity index (χ0n) is 12.8. The Kier molecular flexibility index (Phi) is 6.64. The maximum Gasteiger partial charge on any atom is 0.326 e. The average molecular weight is 524 g/mol. The van der Waals surface area contributed by atoms with Crippen molar-refractivity contribution >= 4 is 60.2 Å². The van der Waals surface area contributed by atoms with Crippen molar-refractivity contribution in [3.05, 3.63) is 56.6 Å². The van der Waals surface area contributed by atoms with Gasteiger partial charge in [-0.05, 0) is 72.0 Å². The summed E-state index contributed by atoms with van der Waals surface area (Å²) in [6.07, 6.45) is 0. The second-order valence-electron chi connectivity index (χ2n) is 4.75. The number of carbonyl (C=O) groups excluding carboxylic acids is 1. The van der Waals surface area contributed by atoms with Crippen LogP contribution in [0.15, 0.2) is 57.9 Å². The minimum Gasteiger partial charge on any atom is -0.465 e. The number of carbonyl (C=O) groups is 1. The van der Waals surface area contributed by atoms with E-state index in [0.717, 1.165) is 12.3 Å². The maximum atomic E-state index is 13.0. The molecule has 0 aromatic heterocycles. The summed E-state index contributed by atoms with van der Waals surface area (Å²) in [5.41, 5.74) is 0.415. The maximum absolute atomic E-state index is 13.0. The van der Waals surface area contributed by atoms with E-state index in [2.05, 4.69) is 38.5 Å². The van der Waals surface area contributed by atoms with Gasteiger partial charge in [0.15, 0.2) is 0 Å². The van der Waals surface area contributed by atoms with Crippen molar-refractivity contribution in [2.75, 3.05) is 17.5 Å². The Morgan fingerprint density at radius 2 is 1.88 bits per heavy atom. The van der Waals surface area contributed by atoms with Gasteiger partial charge < -0.3 is 4.74 Å². The van der Waals surface area contributed by atoms with Crippen LogP contribution in [0.25, 0.3) is 0 Å². The molecular weight excluding hydrogens is 509 g/mol. The number of halogens is 2. The Hall–Kier alpha value is -1.13. The SMILES string of the molecule is CCOC(=O)CN(c1cccc(I)c1)S(=O)(=O)c1ccc(Br)cc1. The Bertz CT molecular complexity index is 824. The van der Waals surface area contributed by atoms with Crippen molar-refractivity contribution in [1.82, 2.24) is 0 Å². The molecule has 0 spiro atoms. The molecule has 128 valence electrons. The molecule has 0 N–H and O–H groups in total. The molecule has 5 nitrogen and oxygen atoms in total. The van der Waals surface area contributed by atoms with Gasteiger partial charge >= 0.3 is 5.97 Å². The van der Waals surface area contributed by atoms with Crippen LogP contribution in [-0.4, -0.2) is 27.5 Å². The lowest BCUT2D eigenvalue weighted by Gasteiger charge is -2.23. The second-order valence-corrected chi connectivity index (χ2v) is 8.77. The highest BCUT2D eigenvalue weighted by molar-refractivity contribution is 14.1. The molecule has 8 heteroatoms. The number of hydrogen-bond acceptors (Lipinski definition) is 4. The third-order valence-electron chi connectivity index (χ3n) is 3.08. The highest BCUT2D eigenvalue weighted by Crippen LogP contribution is 2.26. The zero-order valence-corrected chi connectivity index (χ0v) is 17.3. The number of esters is 1. The molecule has 0 radical (unpaired) electrons. The van der Waals surface area contributed by atoms with E-state index in [1.54, 1.807) is 37.3 Å². The molecule has 0 saturated heterocycles. The van der Waals surface area contributed by atoms with Crippen LogP contribution < -0.4 is 4.31 Å². The number of nitrogens with zero attached hydrogens (tertiary/aromatic N) is 1. The van der Waals surface area contributed by atoms with E-state index in [-0.39, 0.29) is 18.0 Å². The number of hydrogen-bond donors (Lipinski definition) is 0. The van der Waals surface area contributed by atoms with Crippen molar-refractivity contribution in [1.29, 1.82) is 0 Å². The number of sulfonamides is 1. The Labute approximate surface area is 163 Å². The fourth-order valence-electron chi connectivity index (χ4n) is 2.00. The molecule has 0 heterocycles. The standard InChI is InChI=1S/C16H15BrINO4S/c1-2-23-16(20)11-19(14-5-3-4-13(18)10-14)24(21,22)15-8-6-12(17)7-9-15/h3-10H,2,11H2,1H3. The van der Waals surface area contributed by atoms with Crippen LogP contribution >= 0.6 is 38.5 Å². The number of ether oxygens (including phenoxy) is 1. The second kappa shape index (κ2) is 8.30. The largest absolute Gasteiger partial charge is 0.465 e. The lowest BCUT2D eigenvalue weighted by atomic mass is 10.3. The van der Waals surface area contributed by atoms with Crippen molar-refractivity contribution in [2.45, 2.75) is 11.8 Å². The normalized spacial score (nSPS) is 11.1. The van der Waals surface area contributed by atoms with Gasteiger partial charge in [-0.3, -0.25) is 9.10 Å². The number of rotatable bonds is 6. The van der Waals surface area contributed by atoms with Gasteiger partial charge in [-0.25, -0.2) is 8.42 Å². The molecule has 2 aromatic carbocycles. The van der Waals surface area contributed by atoms with Crippen LogP contribution in [0.4, 0.5) is 5.69 Å². The molecule has 0 aliphatic heterocycles. The smallest absolute Gasteiger partial charge is 0.326 e. The van der Waals surface area contributed by atoms with E-state index < -0.39 is 16.0 Å². The van der Waals surface area contributed by atoms with E-state index >= 15 is 0 Å². The number of benzene rings is 2. The summed E-state index contributed by atoms with van der Waals surface area (Å²) >= 11 is 5.37. The van der Waals surface area contributed by atoms with Gasteiger partial charge in [-0.2, -0.15) is 0 Å². The van der Waals surface area contributed by atoms with Crippen molar-refractivity contribution in [2.24, 2.45) is 0 Å². The van der Waals surface area contributed by atoms with Gasteiger partial charge in [0.05, 0.1) is 17.2 Å². The van der Waals surface area contributed by atoms with Gasteiger partial charge in [0, 0.05) is 8.04 Å². The predicted octanol–water partition coefficient (Wildman–Crippen LogP) is 3.81. The summed E-state index contributed by atoms with van der Waals surface area (Å²) in [5.74, 6) is -0.600. The minimum atomic E-state index is -3.89. The molecule has 0 aliphatic rings. The fourth-order valence-corrected chi connectivity index (χ4v) is 4.20. The summed E-state index contributed by atoms with van der Waals surface area (Å²) in [6.45, 7) is 1.49. The summed E-state index contributed by atoms with van der Waals surface area (Å²) in [5, 5.41) is 0. The summed E-state index contributed by atoms with van der Waals surface area (Å²) in [4.78, 5) is 12.0. The molecule has 2 rings (SSSR count). The predicted molar refractivity (Wildman–Crippen MR) is 104 cm³/mol. The first-order valence-electron chi connectivity index (χ1n) is 7.04. The van der Waals surface area contributed by atoms with E-state index in [0.29, 0.717) is 5.69 Å². The molecule has 0 fully saturated rings. The molecule has 0 saturated carbocycles. The van der Waals surface area contributed by atoms with Crippen LogP contribution in [0, 0.1) is 3.57 Å². The fraction of sp³-hybridized carbons (Fsp3) is 0.188. The molecule has 0 atom stereocenters. The molecule has 2 aromatic rings. The van der Waals surface area contributed by atoms with Crippen LogP contribution in [0.5, 0.6) is 0 Å². The quantitative estimate of drug-likeness (QED) is 0.426.